The maximum atomic E-state index is 13.1. The molecular formula is C12H16FNO2. The fourth-order valence-corrected chi connectivity index (χ4v) is 1.75. The van der Waals surface area contributed by atoms with Gasteiger partial charge in [0.05, 0.1) is 11.8 Å². The molecule has 1 aromatic carbocycles. The first-order chi connectivity index (χ1) is 7.66. The maximum absolute atomic E-state index is 13.1. The van der Waals surface area contributed by atoms with E-state index < -0.39 is 0 Å². The monoisotopic (exact) mass is 225 g/mol. The van der Waals surface area contributed by atoms with Gasteiger partial charge in [-0.2, -0.15) is 0 Å². The molecule has 1 saturated heterocycles. The number of ether oxygens (including phenoxy) is 2. The summed E-state index contributed by atoms with van der Waals surface area (Å²) in [5.74, 6) is 0.233. The number of benzene rings is 1. The van der Waals surface area contributed by atoms with Crippen molar-refractivity contribution in [3.63, 3.8) is 0 Å². The lowest BCUT2D eigenvalue weighted by molar-refractivity contribution is 0.0682. The molecule has 1 unspecified atom stereocenters. The first-order valence-corrected chi connectivity index (χ1v) is 5.47. The molecule has 3 nitrogen and oxygen atoms in total. The molecule has 4 heteroatoms. The highest BCUT2D eigenvalue weighted by Crippen LogP contribution is 2.25. The molecule has 1 heterocycles. The lowest BCUT2D eigenvalue weighted by atomic mass is 10.2. The van der Waals surface area contributed by atoms with Crippen LogP contribution in [0.25, 0.3) is 0 Å². The summed E-state index contributed by atoms with van der Waals surface area (Å²) >= 11 is 0. The second-order valence-corrected chi connectivity index (χ2v) is 4.09. The van der Waals surface area contributed by atoms with E-state index in [1.54, 1.807) is 13.0 Å². The van der Waals surface area contributed by atoms with E-state index in [4.69, 9.17) is 15.2 Å². The standard InChI is InChI=1S/C12H16FNO2/c1-8-5-12(11(14)6-10(8)13)16-7-9-3-2-4-15-9/h5-6,9H,2-4,7,14H2,1H3. The highest BCUT2D eigenvalue weighted by Gasteiger charge is 2.16. The second-order valence-electron chi connectivity index (χ2n) is 4.09. The van der Waals surface area contributed by atoms with Gasteiger partial charge < -0.3 is 15.2 Å². The van der Waals surface area contributed by atoms with E-state index in [9.17, 15) is 4.39 Å². The van der Waals surface area contributed by atoms with Crippen LogP contribution in [0.5, 0.6) is 5.75 Å². The maximum Gasteiger partial charge on any atom is 0.142 e. The van der Waals surface area contributed by atoms with Crippen molar-refractivity contribution in [3.05, 3.63) is 23.5 Å². The average Bonchev–Trinajstić information content (AvgIpc) is 2.74. The molecular weight excluding hydrogens is 209 g/mol. The quantitative estimate of drug-likeness (QED) is 0.802. The second kappa shape index (κ2) is 4.70. The Labute approximate surface area is 94.3 Å². The Hall–Kier alpha value is -1.29. The highest BCUT2D eigenvalue weighted by atomic mass is 19.1. The first kappa shape index (κ1) is 11.2. The van der Waals surface area contributed by atoms with Gasteiger partial charge in [0, 0.05) is 12.7 Å². The van der Waals surface area contributed by atoms with Gasteiger partial charge >= 0.3 is 0 Å². The molecule has 0 aromatic heterocycles. The zero-order valence-electron chi connectivity index (χ0n) is 9.33. The molecule has 88 valence electrons. The van der Waals surface area contributed by atoms with E-state index in [2.05, 4.69) is 0 Å². The molecule has 1 aliphatic heterocycles. The minimum atomic E-state index is -0.304. The summed E-state index contributed by atoms with van der Waals surface area (Å²) in [6, 6.07) is 2.92. The fourth-order valence-electron chi connectivity index (χ4n) is 1.75. The van der Waals surface area contributed by atoms with Crippen molar-refractivity contribution in [2.45, 2.75) is 25.9 Å². The number of aryl methyl sites for hydroxylation is 1. The molecule has 1 aromatic rings. The van der Waals surface area contributed by atoms with Gasteiger partial charge in [0.2, 0.25) is 0 Å². The van der Waals surface area contributed by atoms with Crippen molar-refractivity contribution >= 4 is 5.69 Å². The van der Waals surface area contributed by atoms with Gasteiger partial charge in [0.25, 0.3) is 0 Å². The van der Waals surface area contributed by atoms with Gasteiger partial charge in [0.15, 0.2) is 0 Å². The van der Waals surface area contributed by atoms with Crippen LogP contribution in [0.3, 0.4) is 0 Å². The Morgan fingerprint density at radius 1 is 1.56 bits per heavy atom. The Kier molecular flexibility index (Phi) is 3.29. The third-order valence-electron chi connectivity index (χ3n) is 2.74. The molecule has 1 fully saturated rings. The van der Waals surface area contributed by atoms with Crippen molar-refractivity contribution in [3.8, 4) is 5.75 Å². The van der Waals surface area contributed by atoms with Crippen molar-refractivity contribution in [1.82, 2.24) is 0 Å². The van der Waals surface area contributed by atoms with Crippen LogP contribution in [0.1, 0.15) is 18.4 Å². The van der Waals surface area contributed by atoms with E-state index in [0.29, 0.717) is 23.6 Å². The number of rotatable bonds is 3. The molecule has 0 bridgehead atoms. The Bertz CT molecular complexity index is 376. The van der Waals surface area contributed by atoms with E-state index >= 15 is 0 Å². The smallest absolute Gasteiger partial charge is 0.142 e. The van der Waals surface area contributed by atoms with Crippen LogP contribution in [-0.2, 0) is 4.74 Å². The summed E-state index contributed by atoms with van der Waals surface area (Å²) in [5.41, 5.74) is 6.54. The first-order valence-electron chi connectivity index (χ1n) is 5.47. The molecule has 2 rings (SSSR count). The van der Waals surface area contributed by atoms with Crippen LogP contribution in [-0.4, -0.2) is 19.3 Å². The summed E-state index contributed by atoms with van der Waals surface area (Å²) in [4.78, 5) is 0. The van der Waals surface area contributed by atoms with Gasteiger partial charge in [0.1, 0.15) is 18.2 Å². The Morgan fingerprint density at radius 3 is 3.06 bits per heavy atom. The van der Waals surface area contributed by atoms with E-state index in [1.807, 2.05) is 0 Å². The highest BCUT2D eigenvalue weighted by molar-refractivity contribution is 5.54. The topological polar surface area (TPSA) is 44.5 Å². The lowest BCUT2D eigenvalue weighted by Gasteiger charge is -2.13. The fraction of sp³-hybridized carbons (Fsp3) is 0.500. The largest absolute Gasteiger partial charge is 0.489 e. The third kappa shape index (κ3) is 2.44. The molecule has 0 aliphatic carbocycles. The average molecular weight is 225 g/mol. The van der Waals surface area contributed by atoms with Crippen LogP contribution in [0.4, 0.5) is 10.1 Å². The molecule has 0 saturated carbocycles. The van der Waals surface area contributed by atoms with E-state index in [-0.39, 0.29) is 11.9 Å². The molecule has 1 atom stereocenters. The predicted molar refractivity (Wildman–Crippen MR) is 60.0 cm³/mol. The zero-order chi connectivity index (χ0) is 11.5. The minimum absolute atomic E-state index is 0.143. The van der Waals surface area contributed by atoms with Gasteiger partial charge in [-0.3, -0.25) is 0 Å². The molecule has 16 heavy (non-hydrogen) atoms. The van der Waals surface area contributed by atoms with Crippen LogP contribution in [0.2, 0.25) is 0 Å². The van der Waals surface area contributed by atoms with Gasteiger partial charge in [-0.15, -0.1) is 0 Å². The normalized spacial score (nSPS) is 20.0. The number of nitrogens with two attached hydrogens (primary N) is 1. The lowest BCUT2D eigenvalue weighted by Crippen LogP contribution is -2.16. The summed E-state index contributed by atoms with van der Waals surface area (Å²) in [6.45, 7) is 2.97. The Balaban J connectivity index is 2.00. The summed E-state index contributed by atoms with van der Waals surface area (Å²) in [5, 5.41) is 0. The molecule has 0 radical (unpaired) electrons. The SMILES string of the molecule is Cc1cc(OCC2CCCO2)c(N)cc1F. The number of halogens is 1. The van der Waals surface area contributed by atoms with Crippen LogP contribution in [0, 0.1) is 12.7 Å². The summed E-state index contributed by atoms with van der Waals surface area (Å²) in [6.07, 6.45) is 2.23. The number of hydrogen-bond acceptors (Lipinski definition) is 3. The van der Waals surface area contributed by atoms with E-state index in [0.717, 1.165) is 19.4 Å². The van der Waals surface area contributed by atoms with Crippen LogP contribution >= 0.6 is 0 Å². The number of nitrogen functional groups attached to an aromatic ring is 1. The van der Waals surface area contributed by atoms with Gasteiger partial charge in [-0.1, -0.05) is 0 Å². The molecule has 2 N–H and O–H groups in total. The van der Waals surface area contributed by atoms with Crippen molar-refractivity contribution in [1.29, 1.82) is 0 Å². The van der Waals surface area contributed by atoms with Crippen molar-refractivity contribution in [2.24, 2.45) is 0 Å². The zero-order valence-corrected chi connectivity index (χ0v) is 9.33. The van der Waals surface area contributed by atoms with Crippen molar-refractivity contribution in [2.75, 3.05) is 18.9 Å². The summed E-state index contributed by atoms with van der Waals surface area (Å²) < 4.78 is 24.1. The summed E-state index contributed by atoms with van der Waals surface area (Å²) in [7, 11) is 0. The molecule has 0 spiro atoms. The van der Waals surface area contributed by atoms with Crippen molar-refractivity contribution < 1.29 is 13.9 Å². The molecule has 0 amide bonds. The van der Waals surface area contributed by atoms with E-state index in [1.165, 1.54) is 6.07 Å². The predicted octanol–water partition coefficient (Wildman–Crippen LogP) is 2.27. The number of anilines is 1. The van der Waals surface area contributed by atoms with Gasteiger partial charge in [-0.05, 0) is 31.4 Å². The number of hydrogen-bond donors (Lipinski definition) is 1. The molecule has 1 aliphatic rings. The van der Waals surface area contributed by atoms with Gasteiger partial charge in [-0.25, -0.2) is 4.39 Å². The Morgan fingerprint density at radius 2 is 2.38 bits per heavy atom. The third-order valence-corrected chi connectivity index (χ3v) is 2.74. The minimum Gasteiger partial charge on any atom is -0.489 e. The van der Waals surface area contributed by atoms with Crippen LogP contribution in [0.15, 0.2) is 12.1 Å². The van der Waals surface area contributed by atoms with Crippen LogP contribution < -0.4 is 10.5 Å².